The van der Waals surface area contributed by atoms with Crippen molar-refractivity contribution < 1.29 is 13.5 Å². The van der Waals surface area contributed by atoms with Gasteiger partial charge < -0.3 is 4.74 Å². The summed E-state index contributed by atoms with van der Waals surface area (Å²) >= 11 is 1.44. The molecule has 0 bridgehead atoms. The van der Waals surface area contributed by atoms with Crippen LogP contribution in [0, 0.1) is 5.82 Å². The van der Waals surface area contributed by atoms with E-state index in [9.17, 15) is 8.78 Å². The van der Waals surface area contributed by atoms with Crippen molar-refractivity contribution >= 4 is 17.3 Å². The van der Waals surface area contributed by atoms with Crippen LogP contribution in [0.4, 0.5) is 8.78 Å². The van der Waals surface area contributed by atoms with Gasteiger partial charge in [-0.15, -0.1) is 0 Å². The molecule has 0 spiro atoms. The number of halogens is 2. The van der Waals surface area contributed by atoms with Crippen molar-refractivity contribution in [2.24, 2.45) is 0 Å². The molecule has 4 aromatic rings. The number of thioether (sulfide) groups is 1. The first-order valence-electron chi connectivity index (χ1n) is 8.55. The van der Waals surface area contributed by atoms with Crippen molar-refractivity contribution in [3.05, 3.63) is 60.5 Å². The molecule has 0 aliphatic carbocycles. The Morgan fingerprint density at radius 3 is 2.68 bits per heavy atom. The van der Waals surface area contributed by atoms with Crippen LogP contribution in [-0.2, 0) is 0 Å². The Hall–Kier alpha value is -3.00. The molecular formula is C20H16F2N4OS. The number of benzene rings is 1. The fourth-order valence-electron chi connectivity index (χ4n) is 2.94. The Kier molecular flexibility index (Phi) is 5.21. The molecule has 28 heavy (non-hydrogen) atoms. The highest BCUT2D eigenvalue weighted by Gasteiger charge is 2.20. The SMILES string of the molecule is CSc1nccc(-c2c(-c3ccc(F)cc3)nn3c(OCCF)cccc23)n1. The van der Waals surface area contributed by atoms with E-state index in [0.717, 1.165) is 16.6 Å². The van der Waals surface area contributed by atoms with Gasteiger partial charge in [-0.05, 0) is 42.7 Å². The van der Waals surface area contributed by atoms with E-state index < -0.39 is 6.67 Å². The van der Waals surface area contributed by atoms with Crippen LogP contribution in [0.25, 0.3) is 28.0 Å². The largest absolute Gasteiger partial charge is 0.475 e. The molecule has 142 valence electrons. The van der Waals surface area contributed by atoms with Gasteiger partial charge in [-0.3, -0.25) is 0 Å². The molecule has 8 heteroatoms. The molecule has 0 amide bonds. The summed E-state index contributed by atoms with van der Waals surface area (Å²) in [6.45, 7) is -0.664. The van der Waals surface area contributed by atoms with Gasteiger partial charge in [0.1, 0.15) is 24.8 Å². The lowest BCUT2D eigenvalue weighted by Gasteiger charge is -2.06. The zero-order valence-electron chi connectivity index (χ0n) is 15.0. The van der Waals surface area contributed by atoms with E-state index in [1.165, 1.54) is 23.9 Å². The molecule has 0 atom stereocenters. The topological polar surface area (TPSA) is 52.3 Å². The average Bonchev–Trinajstić information content (AvgIpc) is 3.13. The van der Waals surface area contributed by atoms with Crippen LogP contribution < -0.4 is 4.74 Å². The van der Waals surface area contributed by atoms with Gasteiger partial charge in [0.05, 0.1) is 16.8 Å². The van der Waals surface area contributed by atoms with Crippen molar-refractivity contribution in [2.45, 2.75) is 5.16 Å². The first-order chi connectivity index (χ1) is 13.7. The van der Waals surface area contributed by atoms with Crippen molar-refractivity contribution in [2.75, 3.05) is 19.5 Å². The second-order valence-electron chi connectivity index (χ2n) is 5.86. The van der Waals surface area contributed by atoms with E-state index in [4.69, 9.17) is 4.74 Å². The number of fused-ring (bicyclic) bond motifs is 1. The molecule has 1 aromatic carbocycles. The molecule has 0 saturated carbocycles. The van der Waals surface area contributed by atoms with Crippen LogP contribution in [0.3, 0.4) is 0 Å². The third-order valence-corrected chi connectivity index (χ3v) is 4.70. The number of ether oxygens (including phenoxy) is 1. The lowest BCUT2D eigenvalue weighted by atomic mass is 10.0. The minimum Gasteiger partial charge on any atom is -0.475 e. The third kappa shape index (κ3) is 3.43. The molecule has 3 heterocycles. The van der Waals surface area contributed by atoms with Gasteiger partial charge in [0.25, 0.3) is 0 Å². The highest BCUT2D eigenvalue weighted by molar-refractivity contribution is 7.98. The molecule has 3 aromatic heterocycles. The summed E-state index contributed by atoms with van der Waals surface area (Å²) in [7, 11) is 0. The Bertz CT molecular complexity index is 1120. The summed E-state index contributed by atoms with van der Waals surface area (Å²) in [5.74, 6) is 0.0941. The molecule has 0 N–H and O–H groups in total. The number of hydrogen-bond donors (Lipinski definition) is 0. The van der Waals surface area contributed by atoms with E-state index in [1.807, 2.05) is 18.4 Å². The summed E-state index contributed by atoms with van der Waals surface area (Å²) < 4.78 is 33.1. The number of rotatable bonds is 6. The van der Waals surface area contributed by atoms with Gasteiger partial charge >= 0.3 is 0 Å². The minimum absolute atomic E-state index is 0.0652. The van der Waals surface area contributed by atoms with Crippen LogP contribution in [0.15, 0.2) is 59.9 Å². The number of pyridine rings is 1. The third-order valence-electron chi connectivity index (χ3n) is 4.14. The lowest BCUT2D eigenvalue weighted by molar-refractivity contribution is 0.259. The fourth-order valence-corrected chi connectivity index (χ4v) is 3.29. The Morgan fingerprint density at radius 1 is 1.11 bits per heavy atom. The second kappa shape index (κ2) is 7.93. The molecule has 0 saturated heterocycles. The minimum atomic E-state index is -0.599. The van der Waals surface area contributed by atoms with Crippen molar-refractivity contribution in [3.63, 3.8) is 0 Å². The normalized spacial score (nSPS) is 11.1. The fraction of sp³-hybridized carbons (Fsp3) is 0.150. The molecule has 0 aliphatic rings. The van der Waals surface area contributed by atoms with Gasteiger partial charge in [0, 0.05) is 17.8 Å². The summed E-state index contributed by atoms with van der Waals surface area (Å²) in [6.07, 6.45) is 3.59. The summed E-state index contributed by atoms with van der Waals surface area (Å²) in [6, 6.07) is 13.3. The molecule has 0 radical (unpaired) electrons. The van der Waals surface area contributed by atoms with Crippen LogP contribution in [0.1, 0.15) is 0 Å². The van der Waals surface area contributed by atoms with E-state index in [-0.39, 0.29) is 12.4 Å². The lowest BCUT2D eigenvalue weighted by Crippen LogP contribution is -2.03. The smallest absolute Gasteiger partial charge is 0.215 e. The quantitative estimate of drug-likeness (QED) is 0.349. The van der Waals surface area contributed by atoms with Gasteiger partial charge in [0.15, 0.2) is 5.16 Å². The summed E-state index contributed by atoms with van der Waals surface area (Å²) in [5.41, 5.74) is 3.58. The van der Waals surface area contributed by atoms with Crippen LogP contribution >= 0.6 is 11.8 Å². The van der Waals surface area contributed by atoms with E-state index in [2.05, 4.69) is 15.1 Å². The maximum Gasteiger partial charge on any atom is 0.215 e. The number of nitrogens with zero attached hydrogens (tertiary/aromatic N) is 4. The zero-order chi connectivity index (χ0) is 19.5. The molecule has 0 unspecified atom stereocenters. The van der Waals surface area contributed by atoms with Crippen molar-refractivity contribution in [1.29, 1.82) is 0 Å². The highest BCUT2D eigenvalue weighted by atomic mass is 32.2. The maximum absolute atomic E-state index is 13.4. The molecule has 0 aliphatic heterocycles. The molecule has 5 nitrogen and oxygen atoms in total. The zero-order valence-corrected chi connectivity index (χ0v) is 15.8. The maximum atomic E-state index is 13.4. The first kappa shape index (κ1) is 18.4. The molecule has 0 fully saturated rings. The Balaban J connectivity index is 1.98. The van der Waals surface area contributed by atoms with Gasteiger partial charge in [0.2, 0.25) is 5.88 Å². The van der Waals surface area contributed by atoms with Crippen LogP contribution in [-0.4, -0.2) is 39.1 Å². The van der Waals surface area contributed by atoms with E-state index in [1.54, 1.807) is 35.0 Å². The molecular weight excluding hydrogens is 382 g/mol. The number of alkyl halides is 1. The molecule has 4 rings (SSSR count). The van der Waals surface area contributed by atoms with Crippen LogP contribution in [0.2, 0.25) is 0 Å². The van der Waals surface area contributed by atoms with Gasteiger partial charge in [-0.25, -0.2) is 18.7 Å². The van der Waals surface area contributed by atoms with Gasteiger partial charge in [-0.2, -0.15) is 9.61 Å². The summed E-state index contributed by atoms with van der Waals surface area (Å²) in [5, 5.41) is 5.31. The standard InChI is InChI=1S/C20H16F2N4OS/c1-28-20-23-11-9-15(24-20)18-16-3-2-4-17(27-12-10-21)26(16)25-19(18)13-5-7-14(22)8-6-13/h2-9,11H,10,12H2,1H3. The predicted octanol–water partition coefficient (Wildman–Crippen LogP) is 4.67. The highest BCUT2D eigenvalue weighted by Crippen LogP contribution is 2.36. The average molecular weight is 398 g/mol. The second-order valence-corrected chi connectivity index (χ2v) is 6.63. The monoisotopic (exact) mass is 398 g/mol. The van der Waals surface area contributed by atoms with Gasteiger partial charge in [-0.1, -0.05) is 17.8 Å². The number of hydrogen-bond acceptors (Lipinski definition) is 5. The first-order valence-corrected chi connectivity index (χ1v) is 9.77. The van der Waals surface area contributed by atoms with E-state index in [0.29, 0.717) is 22.4 Å². The predicted molar refractivity (Wildman–Crippen MR) is 105 cm³/mol. The Labute approximate surface area is 164 Å². The van der Waals surface area contributed by atoms with E-state index >= 15 is 0 Å². The number of aromatic nitrogens is 4. The van der Waals surface area contributed by atoms with Crippen LogP contribution in [0.5, 0.6) is 5.88 Å². The van der Waals surface area contributed by atoms with Crippen molar-refractivity contribution in [1.82, 2.24) is 19.6 Å². The Morgan fingerprint density at radius 2 is 1.93 bits per heavy atom. The van der Waals surface area contributed by atoms with Crippen molar-refractivity contribution in [3.8, 4) is 28.4 Å². The summed E-state index contributed by atoms with van der Waals surface area (Å²) in [4.78, 5) is 8.83.